The molecule has 1 aliphatic carbocycles. The molecule has 338 valence electrons. The van der Waals surface area contributed by atoms with Crippen molar-refractivity contribution in [1.82, 2.24) is 34.3 Å². The van der Waals surface area contributed by atoms with E-state index in [-0.39, 0.29) is 23.1 Å². The fraction of sp³-hybridized carbons (Fsp3) is 0.396. The number of nitro groups is 1. The second-order valence-electron chi connectivity index (χ2n) is 18.3. The molecule has 3 N–H and O–H groups in total. The molecule has 3 aliphatic heterocycles. The van der Waals surface area contributed by atoms with Crippen LogP contribution in [0.4, 0.5) is 17.1 Å². The number of amides is 1. The molecule has 0 spiro atoms. The summed E-state index contributed by atoms with van der Waals surface area (Å²) in [5, 5.41) is 22.1. The van der Waals surface area contributed by atoms with Crippen molar-refractivity contribution in [2.45, 2.75) is 56.6 Å². The third kappa shape index (κ3) is 9.02. The van der Waals surface area contributed by atoms with E-state index < -0.39 is 4.92 Å². The Hall–Kier alpha value is -5.65. The summed E-state index contributed by atoms with van der Waals surface area (Å²) in [7, 11) is 1.49. The largest absolute Gasteiger partial charge is 0.494 e. The molecule has 6 aromatic rings. The maximum atomic E-state index is 14.3. The van der Waals surface area contributed by atoms with Crippen molar-refractivity contribution in [1.29, 1.82) is 0 Å². The lowest BCUT2D eigenvalue weighted by atomic mass is 9.72. The van der Waals surface area contributed by atoms with Crippen LogP contribution in [0.25, 0.3) is 33.3 Å². The predicted molar refractivity (Wildman–Crippen MR) is 257 cm³/mol. The van der Waals surface area contributed by atoms with Gasteiger partial charge in [-0.2, -0.15) is 5.10 Å². The van der Waals surface area contributed by atoms with Gasteiger partial charge in [0, 0.05) is 91.7 Å². The first-order chi connectivity index (χ1) is 31.5. The minimum absolute atomic E-state index is 0.134. The number of morpholine rings is 1. The van der Waals surface area contributed by atoms with Crippen molar-refractivity contribution >= 4 is 74.2 Å². The summed E-state index contributed by atoms with van der Waals surface area (Å²) in [5.41, 5.74) is 8.83. The maximum absolute atomic E-state index is 14.3. The Bertz CT molecular complexity index is 2800. The fourth-order valence-electron chi connectivity index (χ4n) is 9.95. The van der Waals surface area contributed by atoms with E-state index in [2.05, 4.69) is 55.7 Å². The van der Waals surface area contributed by atoms with Gasteiger partial charge in [0.1, 0.15) is 16.9 Å². The van der Waals surface area contributed by atoms with Gasteiger partial charge in [-0.25, -0.2) is 9.67 Å². The summed E-state index contributed by atoms with van der Waals surface area (Å²) in [6.07, 6.45) is 8.17. The Morgan fingerprint density at radius 1 is 1.09 bits per heavy atom. The Balaban J connectivity index is 0.881. The number of methoxy groups -OCH3 is 1. The number of anilines is 2. The van der Waals surface area contributed by atoms with Gasteiger partial charge < -0.3 is 24.7 Å². The molecule has 6 heterocycles. The fourth-order valence-corrected chi connectivity index (χ4v) is 10.7. The van der Waals surface area contributed by atoms with Crippen LogP contribution in [-0.2, 0) is 4.74 Å². The van der Waals surface area contributed by atoms with Crippen LogP contribution in [0.1, 0.15) is 55.5 Å². The van der Waals surface area contributed by atoms with E-state index in [1.165, 1.54) is 36.3 Å². The second-order valence-corrected chi connectivity index (χ2v) is 19.7. The highest BCUT2D eigenvalue weighted by atomic mass is 35.5. The monoisotopic (exact) mass is 916 g/mol. The van der Waals surface area contributed by atoms with E-state index in [1.54, 1.807) is 16.9 Å². The van der Waals surface area contributed by atoms with Crippen molar-refractivity contribution in [3.05, 3.63) is 111 Å². The number of H-pyrrole nitrogens is 1. The molecule has 10 rings (SSSR count). The standard InChI is InChI=1S/C48H53ClN10O5S/c1-48(2)12-10-32(39(25-48)30-4-6-33(49)7-5-30)27-55-16-18-56(19-17-55)34-8-9-38(41(22-34)58-42-20-31-11-13-51-46(31)53-40(42)26-52-58)47(60)54-65-37-23-43(59(61)62)45(44(24-37)63-3)50-14-15-57-28-36-21-35(57)29-64-36/h4-9,11,13,20,22-24,26,35-36,50H,10,12,14-19,21,25,27-29H2,1-3H3,(H,51,53)(H,54,60)/t35-,36-/m0/s1. The van der Waals surface area contributed by atoms with Gasteiger partial charge >= 0.3 is 0 Å². The van der Waals surface area contributed by atoms with Crippen LogP contribution in [0.2, 0.25) is 5.02 Å². The van der Waals surface area contributed by atoms with E-state index in [0.29, 0.717) is 45.7 Å². The van der Waals surface area contributed by atoms with Crippen LogP contribution in [-0.4, -0.2) is 119 Å². The number of nitro benzene ring substituents is 1. The summed E-state index contributed by atoms with van der Waals surface area (Å²) < 4.78 is 16.1. The van der Waals surface area contributed by atoms with Crippen LogP contribution < -0.4 is 19.7 Å². The van der Waals surface area contributed by atoms with Gasteiger partial charge in [0.25, 0.3) is 11.6 Å². The number of allylic oxidation sites excluding steroid dienone is 1. The van der Waals surface area contributed by atoms with Gasteiger partial charge in [-0.15, -0.1) is 0 Å². The first-order valence-corrected chi connectivity index (χ1v) is 23.5. The minimum Gasteiger partial charge on any atom is -0.494 e. The molecule has 17 heteroatoms. The van der Waals surface area contributed by atoms with Gasteiger partial charge in [-0.05, 0) is 103 Å². The second kappa shape index (κ2) is 18.0. The topological polar surface area (TPSA) is 159 Å². The van der Waals surface area contributed by atoms with Crippen LogP contribution in [0.15, 0.2) is 89.6 Å². The minimum atomic E-state index is -0.427. The zero-order valence-electron chi connectivity index (χ0n) is 36.8. The molecule has 2 atom stereocenters. The van der Waals surface area contributed by atoms with Gasteiger partial charge in [-0.1, -0.05) is 43.2 Å². The van der Waals surface area contributed by atoms with E-state index in [0.717, 1.165) is 111 Å². The van der Waals surface area contributed by atoms with Crippen LogP contribution >= 0.6 is 23.5 Å². The molecule has 3 aromatic heterocycles. The number of ether oxygens (including phenoxy) is 2. The number of hydrogen-bond donors (Lipinski definition) is 3. The molecule has 3 saturated heterocycles. The molecule has 0 unspecified atom stereocenters. The number of benzene rings is 3. The lowest BCUT2D eigenvalue weighted by molar-refractivity contribution is -0.384. The number of hydrogen-bond acceptors (Lipinski definition) is 12. The van der Waals surface area contributed by atoms with E-state index in [4.69, 9.17) is 31.2 Å². The van der Waals surface area contributed by atoms with E-state index in [9.17, 15) is 14.9 Å². The number of nitrogens with one attached hydrogen (secondary N) is 3. The quantitative estimate of drug-likeness (QED) is 0.0544. The summed E-state index contributed by atoms with van der Waals surface area (Å²) in [4.78, 5) is 42.0. The van der Waals surface area contributed by atoms with Crippen LogP contribution in [0.5, 0.6) is 5.75 Å². The zero-order chi connectivity index (χ0) is 44.8. The number of pyridine rings is 1. The highest BCUT2D eigenvalue weighted by Crippen LogP contribution is 2.44. The number of nitrogens with zero attached hydrogens (tertiary/aromatic N) is 7. The Morgan fingerprint density at radius 3 is 2.68 bits per heavy atom. The molecule has 4 aliphatic rings. The highest BCUT2D eigenvalue weighted by Gasteiger charge is 2.38. The van der Waals surface area contributed by atoms with E-state index in [1.807, 2.05) is 48.7 Å². The Kier molecular flexibility index (Phi) is 12.0. The van der Waals surface area contributed by atoms with Crippen LogP contribution in [0, 0.1) is 15.5 Å². The normalized spacial score (nSPS) is 20.0. The number of halogens is 1. The van der Waals surface area contributed by atoms with Crippen molar-refractivity contribution in [3.8, 4) is 11.4 Å². The first-order valence-electron chi connectivity index (χ1n) is 22.3. The highest BCUT2D eigenvalue weighted by molar-refractivity contribution is 7.98. The predicted octanol–water partition coefficient (Wildman–Crippen LogP) is 8.58. The summed E-state index contributed by atoms with van der Waals surface area (Å²) in [6, 6.07) is 21.7. The number of carbonyl (C=O) groups excluding carboxylic acids is 1. The molecule has 15 nitrogen and oxygen atoms in total. The molecule has 1 amide bonds. The zero-order valence-corrected chi connectivity index (χ0v) is 38.4. The molecule has 3 fully saturated rings. The average molecular weight is 918 g/mol. The molecule has 0 radical (unpaired) electrons. The molecular weight excluding hydrogens is 864 g/mol. The number of rotatable bonds is 14. The summed E-state index contributed by atoms with van der Waals surface area (Å²) in [6.45, 7) is 11.9. The van der Waals surface area contributed by atoms with Gasteiger partial charge in [-0.3, -0.25) is 29.4 Å². The van der Waals surface area contributed by atoms with Crippen molar-refractivity contribution in [2.24, 2.45) is 5.41 Å². The van der Waals surface area contributed by atoms with Gasteiger partial charge in [0.05, 0.1) is 47.7 Å². The first kappa shape index (κ1) is 43.3. The number of likely N-dealkylation sites (tertiary alicyclic amines) is 1. The number of carbonyl (C=O) groups is 1. The third-order valence-electron chi connectivity index (χ3n) is 13.5. The number of piperazine rings is 1. The smallest absolute Gasteiger partial charge is 0.297 e. The van der Waals surface area contributed by atoms with Crippen molar-refractivity contribution < 1.29 is 19.2 Å². The Morgan fingerprint density at radius 2 is 1.92 bits per heavy atom. The Labute approximate surface area is 386 Å². The molecule has 65 heavy (non-hydrogen) atoms. The van der Waals surface area contributed by atoms with Gasteiger partial charge in [0.2, 0.25) is 0 Å². The van der Waals surface area contributed by atoms with Crippen molar-refractivity contribution in [3.63, 3.8) is 0 Å². The molecule has 3 aromatic carbocycles. The molecule has 2 bridgehead atoms. The summed E-state index contributed by atoms with van der Waals surface area (Å²) in [5.74, 6) is -0.0609. The maximum Gasteiger partial charge on any atom is 0.297 e. The van der Waals surface area contributed by atoms with Crippen LogP contribution in [0.3, 0.4) is 0 Å². The third-order valence-corrected chi connectivity index (χ3v) is 14.5. The average Bonchev–Trinajstić information content (AvgIpc) is 4.14. The molecular formula is C48H53ClN10O5S. The van der Waals surface area contributed by atoms with Crippen molar-refractivity contribution in [2.75, 3.05) is 76.3 Å². The lowest BCUT2D eigenvalue weighted by Gasteiger charge is -2.39. The number of aromatic nitrogens is 4. The number of fused-ring (bicyclic) bond motifs is 4. The van der Waals surface area contributed by atoms with E-state index >= 15 is 0 Å². The SMILES string of the molecule is COc1cc(SNC(=O)c2ccc(N3CCN(CC4=C(c5ccc(Cl)cc5)CC(C)(C)CC4)CC3)cc2-n2ncc3nc4[nH]ccc4cc32)cc([N+](=O)[O-])c1NCCN1C[C@@H]2C[C@H]1CO2. The van der Waals surface area contributed by atoms with Gasteiger partial charge in [0.15, 0.2) is 5.69 Å². The lowest BCUT2D eigenvalue weighted by Crippen LogP contribution is -2.47. The number of aromatic amines is 1. The summed E-state index contributed by atoms with van der Waals surface area (Å²) >= 11 is 7.28. The molecule has 0 saturated carbocycles.